The zero-order chi connectivity index (χ0) is 22.4. The predicted molar refractivity (Wildman–Crippen MR) is 130 cm³/mol. The Morgan fingerprint density at radius 1 is 0.818 bits per heavy atom. The summed E-state index contributed by atoms with van der Waals surface area (Å²) < 4.78 is 7.29. The number of rotatable bonds is 4. The van der Waals surface area contributed by atoms with E-state index in [0.717, 1.165) is 62.6 Å². The smallest absolute Gasteiger partial charge is 0.254 e. The molecule has 1 aliphatic carbocycles. The van der Waals surface area contributed by atoms with Gasteiger partial charge < -0.3 is 14.5 Å². The Bertz CT molecular complexity index is 1290. The largest absolute Gasteiger partial charge is 0.497 e. The molecule has 0 unspecified atom stereocenters. The highest BCUT2D eigenvalue weighted by Gasteiger charge is 2.28. The molecule has 0 saturated carbocycles. The van der Waals surface area contributed by atoms with Crippen LogP contribution in [0.25, 0.3) is 17.2 Å². The summed E-state index contributed by atoms with van der Waals surface area (Å²) in [6, 6.07) is 16.7. The van der Waals surface area contributed by atoms with Gasteiger partial charge in [0.05, 0.1) is 12.8 Å². The second-order valence-corrected chi connectivity index (χ2v) is 8.90. The summed E-state index contributed by atoms with van der Waals surface area (Å²) in [5, 5.41) is 4.94. The molecule has 2 aromatic carbocycles. The first-order chi connectivity index (χ1) is 16.2. The molecule has 3 heterocycles. The summed E-state index contributed by atoms with van der Waals surface area (Å²) in [4.78, 5) is 14.6. The van der Waals surface area contributed by atoms with Crippen molar-refractivity contribution in [1.82, 2.24) is 19.6 Å². The lowest BCUT2D eigenvalue weighted by Gasteiger charge is -2.38. The van der Waals surface area contributed by atoms with Crippen molar-refractivity contribution in [2.24, 2.45) is 0 Å². The first kappa shape index (κ1) is 20.0. The first-order valence-corrected chi connectivity index (χ1v) is 11.7. The van der Waals surface area contributed by atoms with Crippen LogP contribution in [0.2, 0.25) is 0 Å². The Morgan fingerprint density at radius 2 is 1.55 bits per heavy atom. The van der Waals surface area contributed by atoms with Gasteiger partial charge in [-0.25, -0.2) is 4.98 Å². The van der Waals surface area contributed by atoms with Crippen LogP contribution in [-0.4, -0.2) is 52.9 Å². The third-order valence-electron chi connectivity index (χ3n) is 6.81. The third-order valence-corrected chi connectivity index (χ3v) is 6.81. The highest BCUT2D eigenvalue weighted by atomic mass is 16.5. The summed E-state index contributed by atoms with van der Waals surface area (Å²) in [6.07, 6.45) is 3.24. The molecule has 0 atom stereocenters. The zero-order valence-electron chi connectivity index (χ0n) is 19.2. The van der Waals surface area contributed by atoms with Gasteiger partial charge in [-0.15, -0.1) is 5.10 Å². The summed E-state index contributed by atoms with van der Waals surface area (Å²) in [5.41, 5.74) is 6.04. The Labute approximate surface area is 193 Å². The summed E-state index contributed by atoms with van der Waals surface area (Å²) in [5.74, 6) is 3.53. The molecule has 0 spiro atoms. The van der Waals surface area contributed by atoms with Crippen LogP contribution in [0.15, 0.2) is 48.5 Å². The molecule has 1 aliphatic heterocycles. The Kier molecular flexibility index (Phi) is 4.89. The van der Waals surface area contributed by atoms with Gasteiger partial charge in [-0.1, -0.05) is 29.8 Å². The highest BCUT2D eigenvalue weighted by Crippen LogP contribution is 2.33. The summed E-state index contributed by atoms with van der Waals surface area (Å²) in [7, 11) is 1.70. The van der Waals surface area contributed by atoms with Gasteiger partial charge in [0.1, 0.15) is 11.6 Å². The van der Waals surface area contributed by atoms with Crippen molar-refractivity contribution in [3.05, 3.63) is 65.4 Å². The van der Waals surface area contributed by atoms with Gasteiger partial charge in [-0.05, 0) is 50.5 Å². The molecular weight excluding hydrogens is 412 g/mol. The number of anilines is 2. The molecule has 4 aromatic rings. The number of aryl methyl sites for hydroxylation is 2. The molecule has 6 rings (SSSR count). The molecule has 0 bridgehead atoms. The number of hydrogen-bond donors (Lipinski definition) is 0. The quantitative estimate of drug-likeness (QED) is 0.479. The lowest BCUT2D eigenvalue weighted by molar-refractivity contribution is 0.415. The van der Waals surface area contributed by atoms with E-state index in [9.17, 15) is 0 Å². The van der Waals surface area contributed by atoms with Crippen LogP contribution < -0.4 is 14.5 Å². The number of benzene rings is 2. The Balaban J connectivity index is 1.32. The molecule has 2 aromatic heterocycles. The van der Waals surface area contributed by atoms with Crippen molar-refractivity contribution in [2.45, 2.75) is 26.2 Å². The molecule has 1 saturated heterocycles. The van der Waals surface area contributed by atoms with Gasteiger partial charge in [0.25, 0.3) is 5.78 Å². The molecule has 0 radical (unpaired) electrons. The van der Waals surface area contributed by atoms with Crippen LogP contribution in [0, 0.1) is 6.92 Å². The number of piperazine rings is 1. The van der Waals surface area contributed by atoms with Gasteiger partial charge in [-0.2, -0.15) is 9.50 Å². The van der Waals surface area contributed by atoms with Gasteiger partial charge in [0.2, 0.25) is 0 Å². The van der Waals surface area contributed by atoms with Crippen molar-refractivity contribution in [1.29, 1.82) is 0 Å². The van der Waals surface area contributed by atoms with Crippen molar-refractivity contribution in [3.8, 4) is 17.1 Å². The van der Waals surface area contributed by atoms with E-state index in [4.69, 9.17) is 19.8 Å². The highest BCUT2D eigenvalue weighted by molar-refractivity contribution is 5.62. The Morgan fingerprint density at radius 3 is 2.27 bits per heavy atom. The van der Waals surface area contributed by atoms with E-state index in [1.54, 1.807) is 7.11 Å². The van der Waals surface area contributed by atoms with E-state index in [-0.39, 0.29) is 0 Å². The molecule has 1 fully saturated rings. The van der Waals surface area contributed by atoms with Crippen LogP contribution in [0.3, 0.4) is 0 Å². The van der Waals surface area contributed by atoms with Crippen LogP contribution in [-0.2, 0) is 12.8 Å². The maximum absolute atomic E-state index is 5.31. The molecule has 7 nitrogen and oxygen atoms in total. The minimum absolute atomic E-state index is 0.707. The van der Waals surface area contributed by atoms with Crippen molar-refractivity contribution < 1.29 is 4.74 Å². The average Bonchev–Trinajstić information content (AvgIpc) is 3.50. The van der Waals surface area contributed by atoms with E-state index >= 15 is 0 Å². The number of nitrogens with zero attached hydrogens (tertiary/aromatic N) is 6. The maximum atomic E-state index is 5.31. The molecule has 7 heteroatoms. The first-order valence-electron chi connectivity index (χ1n) is 11.7. The average molecular weight is 441 g/mol. The van der Waals surface area contributed by atoms with E-state index in [1.807, 2.05) is 16.6 Å². The van der Waals surface area contributed by atoms with Crippen LogP contribution in [0.5, 0.6) is 5.75 Å². The van der Waals surface area contributed by atoms with Crippen molar-refractivity contribution >= 4 is 17.3 Å². The number of aromatic nitrogens is 4. The third kappa shape index (κ3) is 3.57. The molecule has 168 valence electrons. The molecule has 2 aliphatic rings. The number of methoxy groups -OCH3 is 1. The standard InChI is InChI=1S/C26H28N6O/c1-18-6-8-19(9-7-18)24-28-26-27-23-5-3-4-22(23)25(32(26)29-24)31-16-14-30(15-17-31)20-10-12-21(33-2)13-11-20/h6-13H,3-5,14-17H2,1-2H3. The van der Waals surface area contributed by atoms with E-state index in [0.29, 0.717) is 5.78 Å². The minimum atomic E-state index is 0.707. The normalized spacial score (nSPS) is 15.8. The van der Waals surface area contributed by atoms with Crippen molar-refractivity contribution in [2.75, 3.05) is 43.1 Å². The minimum Gasteiger partial charge on any atom is -0.497 e. The molecule has 0 amide bonds. The molecular formula is C26H28N6O. The summed E-state index contributed by atoms with van der Waals surface area (Å²) >= 11 is 0. The van der Waals surface area contributed by atoms with Crippen LogP contribution >= 0.6 is 0 Å². The second kappa shape index (κ2) is 8.06. The fourth-order valence-electron chi connectivity index (χ4n) is 4.98. The van der Waals surface area contributed by atoms with Gasteiger partial charge in [0, 0.05) is 43.0 Å². The van der Waals surface area contributed by atoms with E-state index in [2.05, 4.69) is 53.1 Å². The Hall–Kier alpha value is -3.61. The predicted octanol–water partition coefficient (Wildman–Crippen LogP) is 3.92. The fourth-order valence-corrected chi connectivity index (χ4v) is 4.98. The topological polar surface area (TPSA) is 58.8 Å². The van der Waals surface area contributed by atoms with Crippen LogP contribution in [0.1, 0.15) is 23.2 Å². The summed E-state index contributed by atoms with van der Waals surface area (Å²) in [6.45, 7) is 5.90. The lowest BCUT2D eigenvalue weighted by atomic mass is 10.1. The lowest BCUT2D eigenvalue weighted by Crippen LogP contribution is -2.47. The van der Waals surface area contributed by atoms with E-state index in [1.165, 1.54) is 28.3 Å². The molecule has 33 heavy (non-hydrogen) atoms. The number of hydrogen-bond acceptors (Lipinski definition) is 6. The number of ether oxygens (including phenoxy) is 1. The fraction of sp³-hybridized carbons (Fsp3) is 0.346. The van der Waals surface area contributed by atoms with Gasteiger partial charge >= 0.3 is 0 Å². The number of fused-ring (bicyclic) bond motifs is 2. The molecule has 0 N–H and O–H groups in total. The van der Waals surface area contributed by atoms with Crippen molar-refractivity contribution in [3.63, 3.8) is 0 Å². The van der Waals surface area contributed by atoms with E-state index < -0.39 is 0 Å². The SMILES string of the molecule is COc1ccc(N2CCN(c3c4c(nc5nc(-c6ccc(C)cc6)nn35)CCC4)CC2)cc1. The van der Waals surface area contributed by atoms with Gasteiger partial charge in [0.15, 0.2) is 5.82 Å². The zero-order valence-corrected chi connectivity index (χ0v) is 19.2. The maximum Gasteiger partial charge on any atom is 0.254 e. The van der Waals surface area contributed by atoms with Crippen LogP contribution in [0.4, 0.5) is 11.5 Å². The van der Waals surface area contributed by atoms with Gasteiger partial charge in [-0.3, -0.25) is 0 Å². The monoisotopic (exact) mass is 440 g/mol. The second-order valence-electron chi connectivity index (χ2n) is 8.90.